The average Bonchev–Trinajstić information content (AvgIpc) is 2.64. The Balaban J connectivity index is 1.69. The minimum absolute atomic E-state index is 0.0656. The molecule has 3 rings (SSSR count). The van der Waals surface area contributed by atoms with Crippen LogP contribution in [0.15, 0.2) is 18.2 Å². The molecule has 3 N–H and O–H groups in total. The highest BCUT2D eigenvalue weighted by Crippen LogP contribution is 2.33. The number of nitrogens with one attached hydrogen (secondary N) is 2. The van der Waals surface area contributed by atoms with Gasteiger partial charge in [0.05, 0.1) is 12.6 Å². The Morgan fingerprint density at radius 2 is 2.18 bits per heavy atom. The first-order valence-corrected chi connectivity index (χ1v) is 9.24. The normalized spacial score (nSPS) is 26.0. The molecule has 1 aromatic carbocycles. The Morgan fingerprint density at radius 1 is 1.39 bits per heavy atom. The van der Waals surface area contributed by atoms with E-state index in [2.05, 4.69) is 10.6 Å². The zero-order valence-corrected chi connectivity index (χ0v) is 15.6. The molecule has 8 nitrogen and oxygen atoms in total. The standard InChI is InChI=1S/C19H24FN3O5/c1-28-16-9-23(10-18(25)26)7-6-13(16)12-3-2-11(8-14(12)20)21-15-4-5-17(24)22-19(15)27/h2-3,8,13,15-16,21H,4-7,9-10H2,1H3,(H,25,26)(H,22,24,27)/t13-,15+,16+/m1/s1. The molecule has 2 fully saturated rings. The molecule has 2 aliphatic heterocycles. The second kappa shape index (κ2) is 8.66. The number of amides is 2. The van der Waals surface area contributed by atoms with Crippen molar-refractivity contribution in [2.24, 2.45) is 0 Å². The SMILES string of the molecule is CO[C@H]1CN(CC(=O)O)CC[C@@H]1c1ccc(N[C@H]2CCC(=O)NC2=O)cc1F. The predicted molar refractivity (Wildman–Crippen MR) is 98.4 cm³/mol. The summed E-state index contributed by atoms with van der Waals surface area (Å²) in [5, 5.41) is 14.2. The molecular formula is C19H24FN3O5. The molecule has 0 saturated carbocycles. The van der Waals surface area contributed by atoms with Gasteiger partial charge < -0.3 is 15.2 Å². The fourth-order valence-electron chi connectivity index (χ4n) is 3.86. The van der Waals surface area contributed by atoms with Crippen molar-refractivity contribution >= 4 is 23.5 Å². The lowest BCUT2D eigenvalue weighted by Crippen LogP contribution is -2.47. The number of anilines is 1. The van der Waals surface area contributed by atoms with E-state index >= 15 is 0 Å². The number of carboxylic acid groups (broad SMARTS) is 1. The summed E-state index contributed by atoms with van der Waals surface area (Å²) in [6.45, 7) is 0.902. The lowest BCUT2D eigenvalue weighted by Gasteiger charge is -2.37. The van der Waals surface area contributed by atoms with Crippen molar-refractivity contribution in [1.82, 2.24) is 10.2 Å². The zero-order chi connectivity index (χ0) is 20.3. The first-order chi connectivity index (χ1) is 13.4. The second-order valence-electron chi connectivity index (χ2n) is 7.18. The number of methoxy groups -OCH3 is 1. The van der Waals surface area contributed by atoms with Crippen LogP contribution < -0.4 is 10.6 Å². The number of ether oxygens (including phenoxy) is 1. The molecule has 0 unspecified atom stereocenters. The van der Waals surface area contributed by atoms with Gasteiger partial charge in [-0.25, -0.2) is 4.39 Å². The summed E-state index contributed by atoms with van der Waals surface area (Å²) in [6.07, 6.45) is 0.885. The van der Waals surface area contributed by atoms with E-state index in [-0.39, 0.29) is 30.9 Å². The first kappa shape index (κ1) is 20.2. The summed E-state index contributed by atoms with van der Waals surface area (Å²) >= 11 is 0. The molecule has 0 aromatic heterocycles. The van der Waals surface area contributed by atoms with Crippen LogP contribution in [0.3, 0.4) is 0 Å². The Labute approximate surface area is 162 Å². The third-order valence-electron chi connectivity index (χ3n) is 5.28. The Morgan fingerprint density at radius 3 is 2.82 bits per heavy atom. The van der Waals surface area contributed by atoms with E-state index in [1.807, 2.05) is 0 Å². The smallest absolute Gasteiger partial charge is 0.317 e. The fourth-order valence-corrected chi connectivity index (χ4v) is 3.86. The van der Waals surface area contributed by atoms with Crippen LogP contribution in [0, 0.1) is 5.82 Å². The molecule has 28 heavy (non-hydrogen) atoms. The number of aliphatic carboxylic acids is 1. The summed E-state index contributed by atoms with van der Waals surface area (Å²) in [4.78, 5) is 35.8. The van der Waals surface area contributed by atoms with Crippen LogP contribution in [0.1, 0.15) is 30.7 Å². The van der Waals surface area contributed by atoms with Crippen LogP contribution in [0.5, 0.6) is 0 Å². The monoisotopic (exact) mass is 393 g/mol. The number of hydrogen-bond acceptors (Lipinski definition) is 6. The van der Waals surface area contributed by atoms with Gasteiger partial charge in [-0.2, -0.15) is 0 Å². The molecule has 3 atom stereocenters. The number of piperidine rings is 2. The number of rotatable bonds is 6. The number of carboxylic acids is 1. The van der Waals surface area contributed by atoms with E-state index in [0.717, 1.165) is 0 Å². The van der Waals surface area contributed by atoms with Gasteiger partial charge in [-0.05, 0) is 37.1 Å². The Kier molecular flexibility index (Phi) is 6.25. The van der Waals surface area contributed by atoms with Crippen LogP contribution >= 0.6 is 0 Å². The number of halogens is 1. The Bertz CT molecular complexity index is 772. The van der Waals surface area contributed by atoms with Gasteiger partial charge in [0.1, 0.15) is 11.9 Å². The molecule has 2 aliphatic rings. The molecule has 0 bridgehead atoms. The molecule has 2 saturated heterocycles. The van der Waals surface area contributed by atoms with Crippen LogP contribution in [0.25, 0.3) is 0 Å². The highest BCUT2D eigenvalue weighted by molar-refractivity contribution is 6.01. The van der Waals surface area contributed by atoms with Crippen molar-refractivity contribution in [2.75, 3.05) is 32.1 Å². The van der Waals surface area contributed by atoms with E-state index in [4.69, 9.17) is 9.84 Å². The van der Waals surface area contributed by atoms with Crippen LogP contribution in [0.4, 0.5) is 10.1 Å². The number of carbonyl (C=O) groups is 3. The Hall–Kier alpha value is -2.52. The maximum absolute atomic E-state index is 14.8. The van der Waals surface area contributed by atoms with Crippen molar-refractivity contribution in [3.63, 3.8) is 0 Å². The topological polar surface area (TPSA) is 108 Å². The summed E-state index contributed by atoms with van der Waals surface area (Å²) < 4.78 is 20.3. The maximum atomic E-state index is 14.8. The second-order valence-corrected chi connectivity index (χ2v) is 7.18. The van der Waals surface area contributed by atoms with E-state index in [1.165, 1.54) is 6.07 Å². The van der Waals surface area contributed by atoms with Gasteiger partial charge in [0.25, 0.3) is 0 Å². The number of nitrogens with zero attached hydrogens (tertiary/aromatic N) is 1. The molecule has 2 heterocycles. The van der Waals surface area contributed by atoms with Crippen LogP contribution in [0.2, 0.25) is 0 Å². The van der Waals surface area contributed by atoms with Gasteiger partial charge in [-0.3, -0.25) is 24.6 Å². The summed E-state index contributed by atoms with van der Waals surface area (Å²) in [5.41, 5.74) is 0.976. The quantitative estimate of drug-likeness (QED) is 0.617. The number of hydrogen-bond donors (Lipinski definition) is 3. The van der Waals surface area contributed by atoms with Crippen LogP contribution in [-0.2, 0) is 19.1 Å². The molecule has 0 aliphatic carbocycles. The van der Waals surface area contributed by atoms with Crippen molar-refractivity contribution in [3.8, 4) is 0 Å². The predicted octanol–water partition coefficient (Wildman–Crippen LogP) is 0.932. The van der Waals surface area contributed by atoms with E-state index in [9.17, 15) is 18.8 Å². The average molecular weight is 393 g/mol. The van der Waals surface area contributed by atoms with Gasteiger partial charge in [0.2, 0.25) is 11.8 Å². The van der Waals surface area contributed by atoms with Gasteiger partial charge >= 0.3 is 5.97 Å². The van der Waals surface area contributed by atoms with Crippen molar-refractivity contribution in [3.05, 3.63) is 29.6 Å². The molecule has 9 heteroatoms. The van der Waals surface area contributed by atoms with Crippen molar-refractivity contribution in [2.45, 2.75) is 37.3 Å². The van der Waals surface area contributed by atoms with Crippen molar-refractivity contribution in [1.29, 1.82) is 0 Å². The summed E-state index contributed by atoms with van der Waals surface area (Å²) in [6, 6.07) is 4.15. The van der Waals surface area contributed by atoms with E-state index in [1.54, 1.807) is 24.1 Å². The highest BCUT2D eigenvalue weighted by Gasteiger charge is 2.33. The van der Waals surface area contributed by atoms with Crippen LogP contribution in [-0.4, -0.2) is 66.7 Å². The van der Waals surface area contributed by atoms with E-state index < -0.39 is 23.7 Å². The van der Waals surface area contributed by atoms with Gasteiger partial charge in [0, 0.05) is 31.7 Å². The molecule has 0 radical (unpaired) electrons. The number of benzene rings is 1. The maximum Gasteiger partial charge on any atom is 0.317 e. The first-order valence-electron chi connectivity index (χ1n) is 9.24. The number of likely N-dealkylation sites (tertiary alicyclic amines) is 1. The lowest BCUT2D eigenvalue weighted by atomic mass is 9.86. The molecule has 152 valence electrons. The third-order valence-corrected chi connectivity index (χ3v) is 5.28. The van der Waals surface area contributed by atoms with Gasteiger partial charge in [0.15, 0.2) is 0 Å². The minimum atomic E-state index is -0.900. The number of carbonyl (C=O) groups excluding carboxylic acids is 2. The van der Waals surface area contributed by atoms with Crippen molar-refractivity contribution < 1.29 is 28.6 Å². The largest absolute Gasteiger partial charge is 0.480 e. The van der Waals surface area contributed by atoms with Gasteiger partial charge in [-0.15, -0.1) is 0 Å². The summed E-state index contributed by atoms with van der Waals surface area (Å²) in [5.74, 6) is -2.20. The fraction of sp³-hybridized carbons (Fsp3) is 0.526. The van der Waals surface area contributed by atoms with E-state index in [0.29, 0.717) is 37.2 Å². The van der Waals surface area contributed by atoms with Gasteiger partial charge in [-0.1, -0.05) is 6.07 Å². The lowest BCUT2D eigenvalue weighted by molar-refractivity contribution is -0.139. The minimum Gasteiger partial charge on any atom is -0.480 e. The third kappa shape index (κ3) is 4.66. The number of imide groups is 1. The zero-order valence-electron chi connectivity index (χ0n) is 15.6. The molecule has 2 amide bonds. The molecular weight excluding hydrogens is 369 g/mol. The molecule has 0 spiro atoms. The molecule has 1 aromatic rings. The highest BCUT2D eigenvalue weighted by atomic mass is 19.1. The summed E-state index contributed by atoms with van der Waals surface area (Å²) in [7, 11) is 1.54.